The van der Waals surface area contributed by atoms with E-state index in [0.29, 0.717) is 21.8 Å². The summed E-state index contributed by atoms with van der Waals surface area (Å²) < 4.78 is 13.1. The van der Waals surface area contributed by atoms with Crippen molar-refractivity contribution in [2.45, 2.75) is 47.9 Å². The molecule has 0 amide bonds. The van der Waals surface area contributed by atoms with Crippen LogP contribution in [0.4, 0.5) is 10.3 Å². The predicted octanol–water partition coefficient (Wildman–Crippen LogP) is 4.46. The van der Waals surface area contributed by atoms with Gasteiger partial charge in [-0.15, -0.1) is 0 Å². The van der Waals surface area contributed by atoms with E-state index in [-0.39, 0.29) is 10.6 Å². The summed E-state index contributed by atoms with van der Waals surface area (Å²) in [5, 5.41) is 3.56. The van der Waals surface area contributed by atoms with E-state index in [9.17, 15) is 9.18 Å². The van der Waals surface area contributed by atoms with E-state index in [1.54, 1.807) is 6.07 Å². The summed E-state index contributed by atoms with van der Waals surface area (Å²) in [5.74, 6) is 0.0925. The van der Waals surface area contributed by atoms with Gasteiger partial charge in [-0.2, -0.15) is 0 Å². The lowest BCUT2D eigenvalue weighted by molar-refractivity contribution is 0.460. The number of anilines is 1. The molecule has 23 heavy (non-hydrogen) atoms. The van der Waals surface area contributed by atoms with E-state index in [2.05, 4.69) is 15.3 Å². The molecule has 4 nitrogen and oxygen atoms in total. The summed E-state index contributed by atoms with van der Waals surface area (Å²) in [7, 11) is 0. The Balaban J connectivity index is 1.72. The Hall–Kier alpha value is -1.53. The summed E-state index contributed by atoms with van der Waals surface area (Å²) in [5.41, 5.74) is -0.233. The van der Waals surface area contributed by atoms with Crippen LogP contribution in [0.1, 0.15) is 32.1 Å². The van der Waals surface area contributed by atoms with E-state index < -0.39 is 5.82 Å². The van der Waals surface area contributed by atoms with Gasteiger partial charge >= 0.3 is 0 Å². The molecule has 1 aliphatic rings. The van der Waals surface area contributed by atoms with Crippen LogP contribution in [0.15, 0.2) is 39.0 Å². The smallest absolute Gasteiger partial charge is 0.266 e. The summed E-state index contributed by atoms with van der Waals surface area (Å²) in [4.78, 5) is 20.3. The standard InChI is InChI=1S/C16H17ClFN3OS/c17-12-8-10(18)6-7-13(12)23-14-9-19-16(21-15(14)22)20-11-4-2-1-3-5-11/h6-9,11H,1-5H2,(H2,19,20,21,22). The van der Waals surface area contributed by atoms with E-state index in [0.717, 1.165) is 12.8 Å². The molecule has 122 valence electrons. The average molecular weight is 354 g/mol. The molecule has 3 rings (SSSR count). The van der Waals surface area contributed by atoms with Crippen LogP contribution in [0.2, 0.25) is 5.02 Å². The molecule has 0 unspecified atom stereocenters. The molecule has 0 saturated heterocycles. The molecular formula is C16H17ClFN3OS. The second kappa shape index (κ2) is 7.36. The number of hydrogen-bond acceptors (Lipinski definition) is 4. The number of halogens is 2. The maximum absolute atomic E-state index is 13.1. The first-order valence-electron chi connectivity index (χ1n) is 7.60. The molecule has 2 aromatic rings. The highest BCUT2D eigenvalue weighted by atomic mass is 35.5. The number of nitrogens with zero attached hydrogens (tertiary/aromatic N) is 1. The number of hydrogen-bond donors (Lipinski definition) is 2. The molecule has 1 heterocycles. The molecule has 1 aromatic heterocycles. The van der Waals surface area contributed by atoms with Crippen molar-refractivity contribution >= 4 is 29.3 Å². The summed E-state index contributed by atoms with van der Waals surface area (Å²) in [6.07, 6.45) is 7.42. The maximum atomic E-state index is 13.1. The van der Waals surface area contributed by atoms with Gasteiger partial charge in [-0.3, -0.25) is 9.78 Å². The van der Waals surface area contributed by atoms with Crippen LogP contribution in [0, 0.1) is 5.82 Å². The lowest BCUT2D eigenvalue weighted by atomic mass is 9.96. The van der Waals surface area contributed by atoms with Gasteiger partial charge in [0.15, 0.2) is 0 Å². The van der Waals surface area contributed by atoms with Crippen molar-refractivity contribution in [3.05, 3.63) is 45.6 Å². The molecule has 1 fully saturated rings. The van der Waals surface area contributed by atoms with Crippen LogP contribution in [-0.2, 0) is 0 Å². The van der Waals surface area contributed by atoms with Gasteiger partial charge in [-0.1, -0.05) is 42.6 Å². The molecule has 2 N–H and O–H groups in total. The molecule has 0 spiro atoms. The third-order valence-corrected chi connectivity index (χ3v) is 5.34. The van der Waals surface area contributed by atoms with Crippen molar-refractivity contribution in [2.75, 3.05) is 5.32 Å². The summed E-state index contributed by atoms with van der Waals surface area (Å²) in [6.45, 7) is 0. The highest BCUT2D eigenvalue weighted by molar-refractivity contribution is 7.99. The summed E-state index contributed by atoms with van der Waals surface area (Å²) >= 11 is 7.16. The van der Waals surface area contributed by atoms with Gasteiger partial charge in [0, 0.05) is 10.9 Å². The van der Waals surface area contributed by atoms with E-state index in [1.165, 1.54) is 49.4 Å². The van der Waals surface area contributed by atoms with Crippen LogP contribution >= 0.6 is 23.4 Å². The first-order chi connectivity index (χ1) is 11.1. The van der Waals surface area contributed by atoms with Crippen LogP contribution in [0.5, 0.6) is 0 Å². The highest BCUT2D eigenvalue weighted by Crippen LogP contribution is 2.31. The molecular weight excluding hydrogens is 337 g/mol. The van der Waals surface area contributed by atoms with Crippen LogP contribution in [-0.4, -0.2) is 16.0 Å². The molecule has 1 aliphatic carbocycles. The van der Waals surface area contributed by atoms with E-state index in [4.69, 9.17) is 11.6 Å². The third-order valence-electron chi connectivity index (χ3n) is 3.83. The topological polar surface area (TPSA) is 57.8 Å². The fourth-order valence-electron chi connectivity index (χ4n) is 2.65. The van der Waals surface area contributed by atoms with Crippen molar-refractivity contribution in [3.8, 4) is 0 Å². The fourth-order valence-corrected chi connectivity index (χ4v) is 3.71. The zero-order valence-corrected chi connectivity index (χ0v) is 14.0. The van der Waals surface area contributed by atoms with Crippen LogP contribution in [0.25, 0.3) is 0 Å². The van der Waals surface area contributed by atoms with Gasteiger partial charge in [0.25, 0.3) is 5.56 Å². The van der Waals surface area contributed by atoms with Crippen molar-refractivity contribution in [1.29, 1.82) is 0 Å². The summed E-state index contributed by atoms with van der Waals surface area (Å²) in [6, 6.07) is 4.46. The minimum absolute atomic E-state index is 0.233. The normalized spacial score (nSPS) is 15.6. The van der Waals surface area contributed by atoms with Crippen molar-refractivity contribution in [2.24, 2.45) is 0 Å². The Morgan fingerprint density at radius 1 is 1.26 bits per heavy atom. The van der Waals surface area contributed by atoms with Crippen molar-refractivity contribution in [1.82, 2.24) is 9.97 Å². The number of benzene rings is 1. The van der Waals surface area contributed by atoms with Crippen LogP contribution in [0.3, 0.4) is 0 Å². The molecule has 1 saturated carbocycles. The number of nitrogens with one attached hydrogen (secondary N) is 2. The van der Waals surface area contributed by atoms with Gasteiger partial charge in [0.05, 0.1) is 16.1 Å². The second-order valence-electron chi connectivity index (χ2n) is 5.58. The zero-order valence-electron chi connectivity index (χ0n) is 12.4. The number of H-pyrrole nitrogens is 1. The monoisotopic (exact) mass is 353 g/mol. The lowest BCUT2D eigenvalue weighted by Gasteiger charge is -2.22. The quantitative estimate of drug-likeness (QED) is 0.852. The van der Waals surface area contributed by atoms with Crippen molar-refractivity contribution in [3.63, 3.8) is 0 Å². The minimum atomic E-state index is -0.404. The Bertz CT molecular complexity index is 746. The van der Waals surface area contributed by atoms with E-state index >= 15 is 0 Å². The molecule has 0 aliphatic heterocycles. The molecule has 0 atom stereocenters. The predicted molar refractivity (Wildman–Crippen MR) is 90.9 cm³/mol. The van der Waals surface area contributed by atoms with Crippen molar-refractivity contribution < 1.29 is 4.39 Å². The highest BCUT2D eigenvalue weighted by Gasteiger charge is 2.14. The zero-order chi connectivity index (χ0) is 16.2. The number of aromatic nitrogens is 2. The Morgan fingerprint density at radius 2 is 2.04 bits per heavy atom. The SMILES string of the molecule is O=c1[nH]c(NC2CCCCC2)ncc1Sc1ccc(F)cc1Cl. The maximum Gasteiger partial charge on any atom is 0.266 e. The average Bonchev–Trinajstić information content (AvgIpc) is 2.53. The van der Waals surface area contributed by atoms with Gasteiger partial charge in [0.2, 0.25) is 5.95 Å². The Labute approximate surface area is 142 Å². The lowest BCUT2D eigenvalue weighted by Crippen LogP contribution is -2.25. The van der Waals surface area contributed by atoms with Gasteiger partial charge in [-0.25, -0.2) is 9.37 Å². The van der Waals surface area contributed by atoms with Gasteiger partial charge in [0.1, 0.15) is 5.82 Å². The largest absolute Gasteiger partial charge is 0.353 e. The molecule has 1 aromatic carbocycles. The van der Waals surface area contributed by atoms with E-state index in [1.807, 2.05) is 0 Å². The molecule has 0 bridgehead atoms. The Kier molecular flexibility index (Phi) is 5.23. The Morgan fingerprint density at radius 3 is 2.74 bits per heavy atom. The van der Waals surface area contributed by atoms with Gasteiger partial charge in [-0.05, 0) is 31.0 Å². The molecule has 0 radical (unpaired) electrons. The van der Waals surface area contributed by atoms with Gasteiger partial charge < -0.3 is 5.32 Å². The number of aromatic amines is 1. The fraction of sp³-hybridized carbons (Fsp3) is 0.375. The van der Waals surface area contributed by atoms with Crippen LogP contribution < -0.4 is 10.9 Å². The molecule has 7 heteroatoms. The number of rotatable bonds is 4. The second-order valence-corrected chi connectivity index (χ2v) is 7.07. The minimum Gasteiger partial charge on any atom is -0.353 e. The first-order valence-corrected chi connectivity index (χ1v) is 8.80. The third kappa shape index (κ3) is 4.26. The first kappa shape index (κ1) is 16.3.